The Bertz CT molecular complexity index is 240. The molecule has 0 bridgehead atoms. The Balaban J connectivity index is 0.00000106. The van der Waals surface area contributed by atoms with E-state index in [2.05, 4.69) is 6.58 Å². The van der Waals surface area contributed by atoms with E-state index in [0.29, 0.717) is 0 Å². The van der Waals surface area contributed by atoms with Crippen molar-refractivity contribution in [2.75, 3.05) is 13.1 Å². The summed E-state index contributed by atoms with van der Waals surface area (Å²) in [5, 5.41) is 9.87. The van der Waals surface area contributed by atoms with Gasteiger partial charge in [-0.15, -0.1) is 0 Å². The molecule has 1 rings (SSSR count). The molecule has 1 N–H and O–H groups in total. The van der Waals surface area contributed by atoms with Crippen molar-refractivity contribution in [2.45, 2.75) is 32.3 Å². The molecule has 88 valence electrons. The molecule has 1 aliphatic heterocycles. The molecule has 1 fully saturated rings. The van der Waals surface area contributed by atoms with E-state index >= 15 is 0 Å². The van der Waals surface area contributed by atoms with Crippen LogP contribution in [0.4, 0.5) is 0 Å². The fourth-order valence-corrected chi connectivity index (χ4v) is 1.52. The predicted molar refractivity (Wildman–Crippen MR) is 71.3 cm³/mol. The van der Waals surface area contributed by atoms with Crippen LogP contribution in [0.15, 0.2) is 37.0 Å². The Hall–Kier alpha value is -0.795. The maximum absolute atomic E-state index is 9.87. The summed E-state index contributed by atoms with van der Waals surface area (Å²) in [5.41, 5.74) is -1.30. The Morgan fingerprint density at radius 1 is 1.19 bits per heavy atom. The van der Waals surface area contributed by atoms with Crippen LogP contribution in [0.1, 0.15) is 26.7 Å². The van der Waals surface area contributed by atoms with E-state index in [1.165, 1.54) is 0 Å². The highest BCUT2D eigenvalue weighted by Crippen LogP contribution is 2.17. The van der Waals surface area contributed by atoms with Gasteiger partial charge in [0.2, 0.25) is 0 Å². The summed E-state index contributed by atoms with van der Waals surface area (Å²) >= 11 is 0. The summed E-state index contributed by atoms with van der Waals surface area (Å²) < 4.78 is 0. The number of aliphatic hydroxyl groups is 1. The molecular weight excluding hydrogens is 197 g/mol. The van der Waals surface area contributed by atoms with Crippen LogP contribution in [0.2, 0.25) is 0 Å². The molecule has 1 aliphatic rings. The largest absolute Gasteiger partial charge is 0.381 e. The fourth-order valence-electron chi connectivity index (χ4n) is 1.52. The number of rotatable bonds is 4. The van der Waals surface area contributed by atoms with Gasteiger partial charge in [-0.1, -0.05) is 44.7 Å². The number of allylic oxidation sites excluding steroid dienone is 4. The number of nitrogens with zero attached hydrogens (tertiary/aromatic N) is 1. The molecule has 0 spiro atoms. The first-order valence-corrected chi connectivity index (χ1v) is 5.90. The summed E-state index contributed by atoms with van der Waals surface area (Å²) in [6, 6.07) is 0. The van der Waals surface area contributed by atoms with Gasteiger partial charge < -0.3 is 5.11 Å². The van der Waals surface area contributed by atoms with Crippen molar-refractivity contribution in [1.82, 2.24) is 4.90 Å². The minimum atomic E-state index is -1.30. The van der Waals surface area contributed by atoms with Gasteiger partial charge in [-0.05, 0) is 18.9 Å². The van der Waals surface area contributed by atoms with E-state index in [9.17, 15) is 5.11 Å². The van der Waals surface area contributed by atoms with Crippen LogP contribution in [0.25, 0.3) is 0 Å². The summed E-state index contributed by atoms with van der Waals surface area (Å²) in [7, 11) is 5.74. The lowest BCUT2D eigenvalue weighted by atomic mass is 9.89. The van der Waals surface area contributed by atoms with Gasteiger partial charge in [-0.2, -0.15) is 0 Å². The Morgan fingerprint density at radius 2 is 1.75 bits per heavy atom. The summed E-state index contributed by atoms with van der Waals surface area (Å²) in [6.07, 6.45) is 10.8. The standard InChI is InChI=1S/C11H16BNO.C2H6/c1-2-3-4-5-8-11(12,14)13-9-6-7-10-13;1-2/h2-5,8,14H,1,6-7,9-10H2;1-2H3/b4-3-,8-5+;. The average molecular weight is 219 g/mol. The number of hydrogen-bond donors (Lipinski definition) is 1. The zero-order valence-electron chi connectivity index (χ0n) is 10.4. The summed E-state index contributed by atoms with van der Waals surface area (Å²) in [4.78, 5) is 1.87. The second-order valence-electron chi connectivity index (χ2n) is 3.46. The lowest BCUT2D eigenvalue weighted by molar-refractivity contribution is 0.0196. The molecule has 0 aliphatic carbocycles. The van der Waals surface area contributed by atoms with Crippen molar-refractivity contribution in [3.8, 4) is 0 Å². The van der Waals surface area contributed by atoms with Crippen molar-refractivity contribution in [3.63, 3.8) is 0 Å². The van der Waals surface area contributed by atoms with E-state index in [1.54, 1.807) is 30.4 Å². The van der Waals surface area contributed by atoms with Crippen LogP contribution in [-0.4, -0.2) is 36.6 Å². The quantitative estimate of drug-likeness (QED) is 0.578. The minimum Gasteiger partial charge on any atom is -0.381 e. The van der Waals surface area contributed by atoms with Crippen molar-refractivity contribution < 1.29 is 5.11 Å². The van der Waals surface area contributed by atoms with E-state index in [-0.39, 0.29) is 0 Å². The van der Waals surface area contributed by atoms with Crippen LogP contribution in [0.3, 0.4) is 0 Å². The molecule has 1 unspecified atom stereocenters. The molecule has 1 atom stereocenters. The van der Waals surface area contributed by atoms with E-state index in [4.69, 9.17) is 7.85 Å². The average Bonchev–Trinajstić information content (AvgIpc) is 2.81. The van der Waals surface area contributed by atoms with Gasteiger partial charge in [-0.25, -0.2) is 0 Å². The molecule has 0 aromatic heterocycles. The Morgan fingerprint density at radius 3 is 2.25 bits per heavy atom. The second-order valence-corrected chi connectivity index (χ2v) is 3.46. The van der Waals surface area contributed by atoms with Gasteiger partial charge in [-0.3, -0.25) is 4.90 Å². The molecule has 0 saturated carbocycles. The highest BCUT2D eigenvalue weighted by Gasteiger charge is 2.27. The lowest BCUT2D eigenvalue weighted by Gasteiger charge is -2.31. The number of hydrogen-bond acceptors (Lipinski definition) is 2. The van der Waals surface area contributed by atoms with Crippen LogP contribution in [0, 0.1) is 0 Å². The molecule has 2 nitrogen and oxygen atoms in total. The molecule has 2 radical (unpaired) electrons. The van der Waals surface area contributed by atoms with Gasteiger partial charge >= 0.3 is 0 Å². The first-order chi connectivity index (χ1) is 7.67. The van der Waals surface area contributed by atoms with E-state index in [0.717, 1.165) is 25.9 Å². The molecule has 3 heteroatoms. The zero-order chi connectivity index (χ0) is 12.4. The Kier molecular flexibility index (Phi) is 7.95. The van der Waals surface area contributed by atoms with E-state index < -0.39 is 5.62 Å². The highest BCUT2D eigenvalue weighted by atomic mass is 16.3. The third-order valence-corrected chi connectivity index (χ3v) is 2.31. The molecule has 0 aromatic carbocycles. The Labute approximate surface area is 101 Å². The fraction of sp³-hybridized carbons (Fsp3) is 0.538. The van der Waals surface area contributed by atoms with Gasteiger partial charge in [0.05, 0.1) is 5.62 Å². The number of likely N-dealkylation sites (tertiary alicyclic amines) is 1. The first kappa shape index (κ1) is 15.2. The van der Waals surface area contributed by atoms with E-state index in [1.807, 2.05) is 18.7 Å². The smallest absolute Gasteiger partial charge is 0.141 e. The van der Waals surface area contributed by atoms with Crippen molar-refractivity contribution in [2.24, 2.45) is 0 Å². The van der Waals surface area contributed by atoms with Crippen LogP contribution in [0.5, 0.6) is 0 Å². The normalized spacial score (nSPS) is 20.7. The van der Waals surface area contributed by atoms with Gasteiger partial charge in [0.15, 0.2) is 0 Å². The molecule has 0 amide bonds. The molecule has 0 aromatic rings. The van der Waals surface area contributed by atoms with Crippen molar-refractivity contribution in [1.29, 1.82) is 0 Å². The predicted octanol–water partition coefficient (Wildman–Crippen LogP) is 2.22. The lowest BCUT2D eigenvalue weighted by Crippen LogP contribution is -2.46. The van der Waals surface area contributed by atoms with Gasteiger partial charge in [0.1, 0.15) is 7.85 Å². The van der Waals surface area contributed by atoms with Crippen LogP contribution in [-0.2, 0) is 0 Å². The van der Waals surface area contributed by atoms with Crippen molar-refractivity contribution >= 4 is 7.85 Å². The van der Waals surface area contributed by atoms with Crippen LogP contribution >= 0.6 is 0 Å². The molecule has 1 saturated heterocycles. The van der Waals surface area contributed by atoms with Crippen LogP contribution < -0.4 is 0 Å². The first-order valence-electron chi connectivity index (χ1n) is 5.90. The monoisotopic (exact) mass is 219 g/mol. The topological polar surface area (TPSA) is 23.5 Å². The highest BCUT2D eigenvalue weighted by molar-refractivity contribution is 6.15. The maximum Gasteiger partial charge on any atom is 0.141 e. The van der Waals surface area contributed by atoms with Crippen molar-refractivity contribution in [3.05, 3.63) is 37.0 Å². The third kappa shape index (κ3) is 5.33. The summed E-state index contributed by atoms with van der Waals surface area (Å²) in [5.74, 6) is 0. The minimum absolute atomic E-state index is 0.864. The third-order valence-electron chi connectivity index (χ3n) is 2.31. The SMILES string of the molecule is CC.[B]C(O)(/C=C/C=C\C=C)N1CCCC1. The van der Waals surface area contributed by atoms with Gasteiger partial charge in [0.25, 0.3) is 0 Å². The zero-order valence-corrected chi connectivity index (χ0v) is 10.4. The maximum atomic E-state index is 9.87. The summed E-state index contributed by atoms with van der Waals surface area (Å²) in [6.45, 7) is 9.27. The molecular formula is C13H22BNO. The molecule has 1 heterocycles. The molecule has 16 heavy (non-hydrogen) atoms. The van der Waals surface area contributed by atoms with Gasteiger partial charge in [0, 0.05) is 13.1 Å². The second kappa shape index (κ2) is 8.37.